The molecule has 2 rings (SSSR count). The Morgan fingerprint density at radius 1 is 1.19 bits per heavy atom. The van der Waals surface area contributed by atoms with Gasteiger partial charge in [-0.15, -0.1) is 11.3 Å². The van der Waals surface area contributed by atoms with Gasteiger partial charge in [0.25, 0.3) is 11.8 Å². The summed E-state index contributed by atoms with van der Waals surface area (Å²) < 4.78 is 43.4. The number of aryl methyl sites for hydroxylation is 2. The van der Waals surface area contributed by atoms with Gasteiger partial charge in [0.2, 0.25) is 0 Å². The van der Waals surface area contributed by atoms with Crippen LogP contribution in [0.5, 0.6) is 5.75 Å². The molecule has 0 bridgehead atoms. The van der Waals surface area contributed by atoms with Gasteiger partial charge in [-0.05, 0) is 37.1 Å². The predicted octanol–water partition coefficient (Wildman–Crippen LogP) is 3.48. The van der Waals surface area contributed by atoms with E-state index in [0.29, 0.717) is 4.88 Å². The first kappa shape index (κ1) is 19.8. The fraction of sp³-hybridized carbons (Fsp3) is 0.294. The molecule has 0 fully saturated rings. The van der Waals surface area contributed by atoms with Crippen molar-refractivity contribution < 1.29 is 27.5 Å². The van der Waals surface area contributed by atoms with Crippen LogP contribution in [-0.4, -0.2) is 18.4 Å². The van der Waals surface area contributed by atoms with Gasteiger partial charge in [0.05, 0.1) is 10.4 Å². The van der Waals surface area contributed by atoms with E-state index in [4.69, 9.17) is 4.74 Å². The van der Waals surface area contributed by atoms with Crippen molar-refractivity contribution in [1.29, 1.82) is 0 Å². The summed E-state index contributed by atoms with van der Waals surface area (Å²) >= 11 is 1.31. The highest BCUT2D eigenvalue weighted by Gasteiger charge is 2.34. The molecule has 0 spiro atoms. The molecule has 26 heavy (non-hydrogen) atoms. The average Bonchev–Trinajstić information content (AvgIpc) is 2.98. The number of hydrogen-bond donors (Lipinski definition) is 2. The molecular weight excluding hydrogens is 369 g/mol. The van der Waals surface area contributed by atoms with Gasteiger partial charge < -0.3 is 4.74 Å². The first-order valence-corrected chi connectivity index (χ1v) is 8.51. The largest absolute Gasteiger partial charge is 0.483 e. The third-order valence-corrected chi connectivity index (χ3v) is 4.81. The lowest BCUT2D eigenvalue weighted by Gasteiger charge is -2.13. The number of carbonyl (C=O) groups is 2. The lowest BCUT2D eigenvalue weighted by atomic mass is 10.2. The first-order valence-electron chi connectivity index (χ1n) is 7.70. The van der Waals surface area contributed by atoms with Crippen molar-refractivity contribution in [2.24, 2.45) is 0 Å². The third-order valence-electron chi connectivity index (χ3n) is 3.43. The molecule has 9 heteroatoms. The molecule has 0 aliphatic rings. The van der Waals surface area contributed by atoms with E-state index >= 15 is 0 Å². The van der Waals surface area contributed by atoms with Gasteiger partial charge in [0, 0.05) is 4.88 Å². The minimum absolute atomic E-state index is 0.433. The monoisotopic (exact) mass is 386 g/mol. The van der Waals surface area contributed by atoms with Crippen LogP contribution in [0.4, 0.5) is 13.2 Å². The second-order valence-corrected chi connectivity index (χ2v) is 6.49. The Balaban J connectivity index is 1.89. The van der Waals surface area contributed by atoms with E-state index in [1.165, 1.54) is 23.5 Å². The fourth-order valence-corrected chi connectivity index (χ4v) is 3.19. The van der Waals surface area contributed by atoms with Crippen molar-refractivity contribution in [3.8, 4) is 5.75 Å². The van der Waals surface area contributed by atoms with E-state index in [1.54, 1.807) is 6.07 Å². The van der Waals surface area contributed by atoms with Crippen LogP contribution >= 0.6 is 11.3 Å². The average molecular weight is 386 g/mol. The Kier molecular flexibility index (Phi) is 6.25. The summed E-state index contributed by atoms with van der Waals surface area (Å²) in [7, 11) is 0. The van der Waals surface area contributed by atoms with E-state index < -0.39 is 35.9 Å². The fourth-order valence-electron chi connectivity index (χ4n) is 2.18. The molecular formula is C17H17F3N2O3S. The van der Waals surface area contributed by atoms with Crippen LogP contribution in [-0.2, 0) is 17.4 Å². The highest BCUT2D eigenvalue weighted by atomic mass is 32.1. The lowest BCUT2D eigenvalue weighted by Crippen LogP contribution is -2.43. The van der Waals surface area contributed by atoms with Crippen LogP contribution in [0.1, 0.15) is 32.6 Å². The number of ether oxygens (including phenoxy) is 1. The standard InChI is InChI=1S/C17H17F3N2O3S/c1-3-13-10(2)8-14(26-13)16(24)22-21-15(23)9-25-12-7-5-4-6-11(12)17(18,19)20/h4-8H,3,9H2,1-2H3,(H,21,23)(H,22,24). The van der Waals surface area contributed by atoms with Crippen molar-refractivity contribution in [3.63, 3.8) is 0 Å². The highest BCUT2D eigenvalue weighted by Crippen LogP contribution is 2.35. The van der Waals surface area contributed by atoms with E-state index in [1.807, 2.05) is 13.8 Å². The topological polar surface area (TPSA) is 67.4 Å². The normalized spacial score (nSPS) is 11.1. The zero-order valence-electron chi connectivity index (χ0n) is 14.1. The van der Waals surface area contributed by atoms with E-state index in [-0.39, 0.29) is 0 Å². The summed E-state index contributed by atoms with van der Waals surface area (Å²) in [6.07, 6.45) is -3.79. The summed E-state index contributed by atoms with van der Waals surface area (Å²) in [6.45, 7) is 3.19. The van der Waals surface area contributed by atoms with Gasteiger partial charge in [0.15, 0.2) is 6.61 Å². The molecule has 2 N–H and O–H groups in total. The van der Waals surface area contributed by atoms with Gasteiger partial charge in [-0.25, -0.2) is 0 Å². The Morgan fingerprint density at radius 3 is 2.50 bits per heavy atom. The number of hydrogen-bond acceptors (Lipinski definition) is 4. The molecule has 2 aromatic rings. The van der Waals surface area contributed by atoms with Gasteiger partial charge in [-0.1, -0.05) is 19.1 Å². The summed E-state index contributed by atoms with van der Waals surface area (Å²) in [5, 5.41) is 0. The molecule has 0 unspecified atom stereocenters. The van der Waals surface area contributed by atoms with E-state index in [2.05, 4.69) is 10.9 Å². The van der Waals surface area contributed by atoms with Gasteiger partial charge in [0.1, 0.15) is 5.75 Å². The summed E-state index contributed by atoms with van der Waals surface area (Å²) in [5.74, 6) is -1.73. The van der Waals surface area contributed by atoms with Crippen LogP contribution in [0.25, 0.3) is 0 Å². The van der Waals surface area contributed by atoms with Crippen LogP contribution in [0.15, 0.2) is 30.3 Å². The van der Waals surface area contributed by atoms with Crippen LogP contribution in [0.2, 0.25) is 0 Å². The van der Waals surface area contributed by atoms with Crippen molar-refractivity contribution >= 4 is 23.2 Å². The number of halogens is 3. The van der Waals surface area contributed by atoms with Gasteiger partial charge >= 0.3 is 6.18 Å². The van der Waals surface area contributed by atoms with Crippen LogP contribution in [0, 0.1) is 6.92 Å². The summed E-state index contributed by atoms with van der Waals surface area (Å²) in [6, 6.07) is 6.29. The van der Waals surface area contributed by atoms with Crippen LogP contribution in [0.3, 0.4) is 0 Å². The van der Waals surface area contributed by atoms with Gasteiger partial charge in [-0.3, -0.25) is 20.4 Å². The first-order chi connectivity index (χ1) is 12.2. The van der Waals surface area contributed by atoms with Gasteiger partial charge in [-0.2, -0.15) is 13.2 Å². The number of alkyl halides is 3. The van der Waals surface area contributed by atoms with E-state index in [0.717, 1.165) is 29.0 Å². The number of amides is 2. The molecule has 5 nitrogen and oxygen atoms in total. The molecule has 1 heterocycles. The number of hydrazine groups is 1. The molecule has 1 aromatic heterocycles. The third kappa shape index (κ3) is 4.98. The second kappa shape index (κ2) is 8.22. The maximum Gasteiger partial charge on any atom is 0.419 e. The Labute approximate surface area is 152 Å². The number of benzene rings is 1. The number of nitrogens with one attached hydrogen (secondary N) is 2. The van der Waals surface area contributed by atoms with Crippen molar-refractivity contribution in [2.45, 2.75) is 26.4 Å². The minimum Gasteiger partial charge on any atom is -0.483 e. The number of rotatable bonds is 5. The summed E-state index contributed by atoms with van der Waals surface area (Å²) in [5.41, 5.74) is 4.35. The Bertz CT molecular complexity index is 803. The molecule has 0 atom stereocenters. The van der Waals surface area contributed by atoms with E-state index in [9.17, 15) is 22.8 Å². The Morgan fingerprint density at radius 2 is 1.88 bits per heavy atom. The predicted molar refractivity (Wildman–Crippen MR) is 91.0 cm³/mol. The Hall–Kier alpha value is -2.55. The molecule has 1 aromatic carbocycles. The molecule has 0 radical (unpaired) electrons. The van der Waals surface area contributed by atoms with Crippen molar-refractivity contribution in [2.75, 3.05) is 6.61 Å². The number of para-hydroxylation sites is 1. The maximum atomic E-state index is 12.8. The zero-order valence-corrected chi connectivity index (χ0v) is 14.9. The lowest BCUT2D eigenvalue weighted by molar-refractivity contribution is -0.139. The highest BCUT2D eigenvalue weighted by molar-refractivity contribution is 7.14. The van der Waals surface area contributed by atoms with Crippen molar-refractivity contribution in [3.05, 3.63) is 51.2 Å². The smallest absolute Gasteiger partial charge is 0.419 e. The van der Waals surface area contributed by atoms with Crippen LogP contribution < -0.4 is 15.6 Å². The molecule has 2 amide bonds. The molecule has 0 saturated carbocycles. The minimum atomic E-state index is -4.59. The van der Waals surface area contributed by atoms with Crippen molar-refractivity contribution in [1.82, 2.24) is 10.9 Å². The summed E-state index contributed by atoms with van der Waals surface area (Å²) in [4.78, 5) is 25.2. The molecule has 0 aliphatic carbocycles. The second-order valence-electron chi connectivity index (χ2n) is 5.36. The molecule has 0 aliphatic heterocycles. The maximum absolute atomic E-state index is 12.8. The number of carbonyl (C=O) groups excluding carboxylic acids is 2. The SMILES string of the molecule is CCc1sc(C(=O)NNC(=O)COc2ccccc2C(F)(F)F)cc1C. The molecule has 140 valence electrons. The zero-order chi connectivity index (χ0) is 19.3. The number of thiophene rings is 1. The quantitative estimate of drug-likeness (QED) is 0.774. The molecule has 0 saturated heterocycles.